The molecule has 21 radical (unpaired) electrons. The molecule has 0 saturated heterocycles. The van der Waals surface area contributed by atoms with Crippen LogP contribution in [0.3, 0.4) is 0 Å². The zero-order chi connectivity index (χ0) is 0. The van der Waals surface area contributed by atoms with Gasteiger partial charge in [0.15, 0.2) is 0 Å². The summed E-state index contributed by atoms with van der Waals surface area (Å²) in [5.74, 6) is 0. The van der Waals surface area contributed by atoms with Crippen LogP contribution in [0.15, 0.2) is 0 Å². The molecule has 0 aromatic rings. The molecule has 0 aromatic carbocycles. The Bertz CT molecular complexity index is 236. The van der Waals surface area contributed by atoms with E-state index in [-0.39, 0.29) is 1160 Å². The molecule has 0 aromatic heterocycles. The summed E-state index contributed by atoms with van der Waals surface area (Å²) in [6.07, 6.45) is 0. The molecule has 0 rings (SSSR count). The minimum atomic E-state index is 0. The van der Waals surface area contributed by atoms with E-state index in [1.807, 2.05) is 0 Å². The summed E-state index contributed by atoms with van der Waals surface area (Å²) in [5.41, 5.74) is 0. The van der Waals surface area contributed by atoms with Crippen molar-refractivity contribution in [2.75, 3.05) is 0 Å². The first kappa shape index (κ1) is 322. The van der Waals surface area contributed by atoms with Gasteiger partial charge >= 0.3 is 216 Å². The van der Waals surface area contributed by atoms with Gasteiger partial charge in [0.05, 0.1) is 0 Å². The molecule has 0 heterocycles. The van der Waals surface area contributed by atoms with Gasteiger partial charge in [-0.1, -0.05) is 0 Å². The van der Waals surface area contributed by atoms with Crippen molar-refractivity contribution in [3.8, 4) is 0 Å². The number of hydrogen-bond acceptors (Lipinski definition) is 0. The summed E-state index contributed by atoms with van der Waals surface area (Å²) in [5, 5.41) is 0. The van der Waals surface area contributed by atoms with E-state index in [4.69, 9.17) is 0 Å². The summed E-state index contributed by atoms with van der Waals surface area (Å²) in [7, 11) is 0. The van der Waals surface area contributed by atoms with E-state index in [0.717, 1.165) is 0 Å². The van der Waals surface area contributed by atoms with Crippen LogP contribution in [0.2, 0.25) is 0 Å². The Hall–Kier alpha value is 37.5. The van der Waals surface area contributed by atoms with Crippen LogP contribution in [-0.2, 0) is 442 Å². The molecule has 0 aliphatic heterocycles. The van der Waals surface area contributed by atoms with Gasteiger partial charge < -0.3 is 7.13 Å². The first-order valence-corrected chi connectivity index (χ1v) is 0. The fourth-order valence-corrected chi connectivity index (χ4v) is 0. The van der Waals surface area contributed by atoms with Gasteiger partial charge in [-0.25, -0.2) is 0 Å². The van der Waals surface area contributed by atoms with E-state index in [1.54, 1.807) is 0 Å². The van der Waals surface area contributed by atoms with Gasteiger partial charge in [0.1, 0.15) is 0 Å². The molecule has 0 aliphatic rings. The molecule has 0 nitrogen and oxygen atoms in total. The second-order valence-electron chi connectivity index (χ2n) is 0. The van der Waals surface area contributed by atoms with E-state index < -0.39 is 0 Å². The SMILES string of the molecule is P.[Au].[Ca+2].[Ce].[Co].[Cr].[Cs+].[Cu].[Dy].[Er].[Gd].[Ge].[H-].[H-].[H-].[H-].[H-].[Hf].[Hg].[Ho].[K+].[Mn].[Mo].[Nd].[Ni].[Os].[Pd].[Pt].[Rb+].[Re].[Rh].[Ru].[Sn].[Tb].[Te].[Th].[Ti].[Tl].[U].[V].[W].[Y].[Yb].[Zn].[Zr]. The van der Waals surface area contributed by atoms with E-state index in [1.165, 1.54) is 0 Å². The Morgan fingerprint density at radius 2 is 1.02 bits per heavy atom. The minimum absolute atomic E-state index is 0. The number of hydrogen-bond donors (Lipinski definition) is 0. The summed E-state index contributed by atoms with van der Waals surface area (Å²) in [6.45, 7) is 0. The Kier molecular flexibility index (Phi) is 2500. The van der Waals surface area contributed by atoms with Crippen LogP contribution >= 0.6 is 9.90 Å². The van der Waals surface area contributed by atoms with E-state index in [2.05, 4.69) is 0 Å². The molecule has 0 fully saturated rings. The van der Waals surface area contributed by atoms with Crippen LogP contribution in [0.1, 0.15) is 7.13 Å². The third-order valence-corrected chi connectivity index (χ3v) is 0. The average molecular weight is 4970 g/mol. The fraction of sp³-hybridized carbons (Fsp3) is 0. The largest absolute Gasteiger partial charge is 2.00 e. The first-order valence-electron chi connectivity index (χ1n) is 0. The van der Waals surface area contributed by atoms with Gasteiger partial charge in [0.25, 0.3) is 0 Å². The Morgan fingerprint density at radius 1 is 1.02 bits per heavy atom. The zero-order valence-electron chi connectivity index (χ0n) is 24.1. The smallest absolute Gasteiger partial charge is 1.00 e. The van der Waals surface area contributed by atoms with Crippen molar-refractivity contribution in [3.63, 3.8) is 0 Å². The third-order valence-electron chi connectivity index (χ3n) is 0. The average Bonchev–Trinajstić information content (AvgIpc) is 0. The predicted molar refractivity (Wildman–Crippen MR) is 45.4 cm³/mol. The van der Waals surface area contributed by atoms with Gasteiger partial charge in [-0.3, -0.25) is 0 Å². The van der Waals surface area contributed by atoms with E-state index in [9.17, 15) is 0 Å². The van der Waals surface area contributed by atoms with Crippen molar-refractivity contribution in [3.05, 3.63) is 0 Å². The molecule has 0 N–H and O–H groups in total. The molecule has 0 bridgehead atoms. The molecular weight excluding hydrogens is 4960 g/mol. The molecule has 1 unspecified atom stereocenters. The molecule has 40 heteroatoms. The van der Waals surface area contributed by atoms with Crippen LogP contribution in [0, 0.1) is 392 Å². The van der Waals surface area contributed by atoms with Gasteiger partial charge in [0.2, 0.25) is 0 Å². The standard InChI is InChI=1S/Au.Ca.Ce.Co.Cr.Cs.Cu.Dy.Er.Gd.Ge.Hf.Hg.Ho.K.Mn.Mo.Nd.Ni.Os.H3P.Pd.Pt.Rb.Re.Rh.Ru.Sn.Tb.Te.Th.Ti.Tl.U.V.W.Y.Yb.Zn.Zr.5H/h;;;;;;;;;;;;;;;;;;;;1H3;;;;;;;;;;;;;;;;;;;;;;;;/q;+2;;;;+1;;;;;;;;;+1;;;;;;;;;+1;;;;;;;;;;;;;;;;;5*-1. The molecular formula is H8AuCaCeCoCrCsCuDyErGdGeHfHgHoKMnMoNdNiOsPPdPtRbReRhRuSnTbTeThTiTlUVWYYbZnZr. The summed E-state index contributed by atoms with van der Waals surface area (Å²) >= 11 is 0. The predicted octanol–water partition coefficient (Wildman–Crippen LogP) is -10.3. The second-order valence-corrected chi connectivity index (χ2v) is 0. The maximum Gasteiger partial charge on any atom is 2.00 e. The Labute approximate surface area is 1120 Å². The molecule has 40 heavy (non-hydrogen) atoms. The summed E-state index contributed by atoms with van der Waals surface area (Å²) in [4.78, 5) is 0. The third kappa shape index (κ3) is 298. The van der Waals surface area contributed by atoms with Gasteiger partial charge in [-0.05, 0) is 0 Å². The zero-order valence-corrected chi connectivity index (χ0v) is 121. The normalized spacial score (nSPS) is 0. The van der Waals surface area contributed by atoms with Gasteiger partial charge in [0, 0.05) is 927 Å². The van der Waals surface area contributed by atoms with Crippen molar-refractivity contribution in [1.82, 2.24) is 0 Å². The number of rotatable bonds is 0. The monoisotopic (exact) mass is 4980 g/mol. The fourth-order valence-electron chi connectivity index (χ4n) is 0. The quantitative estimate of drug-likeness (QED) is 0.168. The van der Waals surface area contributed by atoms with Gasteiger partial charge in [-0.2, -0.15) is 9.90 Å². The summed E-state index contributed by atoms with van der Waals surface area (Å²) < 4.78 is 0. The Balaban J connectivity index is 0. The maximum atomic E-state index is 0. The van der Waals surface area contributed by atoms with Crippen molar-refractivity contribution >= 4 is 140 Å². The van der Waals surface area contributed by atoms with Crippen LogP contribution < -0.4 is 178 Å². The maximum absolute atomic E-state index is 0. The second kappa shape index (κ2) is 310. The van der Waals surface area contributed by atoms with Crippen molar-refractivity contribution in [2.45, 2.75) is 0 Å². The van der Waals surface area contributed by atoms with Crippen LogP contribution in [0.25, 0.3) is 0 Å². The van der Waals surface area contributed by atoms with Crippen molar-refractivity contribution < 1.29 is 1020 Å². The molecule has 0 spiro atoms. The Morgan fingerprint density at radius 3 is 1.02 bits per heavy atom. The van der Waals surface area contributed by atoms with E-state index >= 15 is 0 Å². The molecule has 0 amide bonds. The van der Waals surface area contributed by atoms with Crippen LogP contribution in [0.5, 0.6) is 0 Å². The van der Waals surface area contributed by atoms with Crippen molar-refractivity contribution in [1.29, 1.82) is 0 Å². The van der Waals surface area contributed by atoms with Crippen molar-refractivity contribution in [2.24, 2.45) is 0 Å². The molecule has 1 atom stereocenters. The molecule has 0 saturated carbocycles. The first-order chi connectivity index (χ1) is 0. The molecule has 0 aliphatic carbocycles. The summed E-state index contributed by atoms with van der Waals surface area (Å²) in [6, 6.07) is 0. The minimum Gasteiger partial charge on any atom is -1.00 e. The van der Waals surface area contributed by atoms with Gasteiger partial charge in [-0.15, -0.1) is 0 Å². The van der Waals surface area contributed by atoms with E-state index in [0.29, 0.717) is 0 Å². The topological polar surface area (TPSA) is 0 Å². The van der Waals surface area contributed by atoms with Crippen LogP contribution in [-0.4, -0.2) is 130 Å². The van der Waals surface area contributed by atoms with Crippen LogP contribution in [0.4, 0.5) is 0 Å². The molecule has 257 valence electrons.